The number of aromatic hydroxyl groups is 1. The summed E-state index contributed by atoms with van der Waals surface area (Å²) in [7, 11) is 0. The van der Waals surface area contributed by atoms with Gasteiger partial charge in [-0.2, -0.15) is 0 Å². The van der Waals surface area contributed by atoms with Crippen LogP contribution in [0.4, 0.5) is 27.9 Å². The summed E-state index contributed by atoms with van der Waals surface area (Å²) in [6.45, 7) is 9.79. The predicted molar refractivity (Wildman–Crippen MR) is 157 cm³/mol. The SMILES string of the molecule is CC(C)(C)OC(=O)N1CCN(c2cnc(N3C4CCC3CN(c3cc(-c5ccccc5O)nnc3N)C4)nc2)CC1. The molecule has 12 heteroatoms. The lowest BCUT2D eigenvalue weighted by atomic mass is 10.1. The molecule has 3 saturated heterocycles. The molecule has 0 spiro atoms. The minimum atomic E-state index is -0.500. The molecular weight excluding hydrogens is 522 g/mol. The third kappa shape index (κ3) is 5.50. The predicted octanol–water partition coefficient (Wildman–Crippen LogP) is 3.14. The van der Waals surface area contributed by atoms with E-state index >= 15 is 0 Å². The Balaban J connectivity index is 1.11. The van der Waals surface area contributed by atoms with E-state index < -0.39 is 5.60 Å². The zero-order chi connectivity index (χ0) is 28.7. The average Bonchev–Trinajstić information content (AvgIpc) is 3.22. The smallest absolute Gasteiger partial charge is 0.410 e. The topological polar surface area (TPSA) is 137 Å². The van der Waals surface area contributed by atoms with Gasteiger partial charge >= 0.3 is 6.09 Å². The number of hydrogen-bond donors (Lipinski definition) is 2. The van der Waals surface area contributed by atoms with Crippen molar-refractivity contribution in [2.75, 3.05) is 59.7 Å². The van der Waals surface area contributed by atoms with E-state index in [-0.39, 0.29) is 23.9 Å². The number of para-hydroxylation sites is 1. The molecule has 6 rings (SSSR count). The van der Waals surface area contributed by atoms with E-state index in [1.165, 1.54) is 0 Å². The van der Waals surface area contributed by atoms with Crippen LogP contribution in [-0.4, -0.2) is 93.2 Å². The van der Waals surface area contributed by atoms with Gasteiger partial charge in [0.2, 0.25) is 5.95 Å². The highest BCUT2D eigenvalue weighted by Gasteiger charge is 2.42. The zero-order valence-electron chi connectivity index (χ0n) is 23.8. The maximum Gasteiger partial charge on any atom is 0.410 e. The molecule has 12 nitrogen and oxygen atoms in total. The normalized spacial score (nSPS) is 20.9. The third-order valence-corrected chi connectivity index (χ3v) is 7.96. The van der Waals surface area contributed by atoms with E-state index in [0.29, 0.717) is 43.3 Å². The van der Waals surface area contributed by atoms with Gasteiger partial charge in [-0.15, -0.1) is 10.2 Å². The van der Waals surface area contributed by atoms with E-state index in [4.69, 9.17) is 20.4 Å². The Morgan fingerprint density at radius 1 is 0.976 bits per heavy atom. The Labute approximate surface area is 239 Å². The number of nitrogens with two attached hydrogens (primary N) is 1. The summed E-state index contributed by atoms with van der Waals surface area (Å²) >= 11 is 0. The maximum atomic E-state index is 12.4. The fourth-order valence-electron chi connectivity index (χ4n) is 5.98. The van der Waals surface area contributed by atoms with Crippen LogP contribution >= 0.6 is 0 Å². The third-order valence-electron chi connectivity index (χ3n) is 7.96. The Morgan fingerprint density at radius 2 is 1.63 bits per heavy atom. The van der Waals surface area contributed by atoms with E-state index in [1.807, 2.05) is 51.4 Å². The van der Waals surface area contributed by atoms with Crippen LogP contribution in [0, 0.1) is 0 Å². The molecule has 0 aliphatic carbocycles. The summed E-state index contributed by atoms with van der Waals surface area (Å²) in [6, 6.07) is 9.52. The number of amides is 1. The molecular formula is C29H37N9O3. The molecule has 216 valence electrons. The molecule has 3 aromatic rings. The molecule has 2 aromatic heterocycles. The van der Waals surface area contributed by atoms with Gasteiger partial charge in [-0.1, -0.05) is 12.1 Å². The Bertz CT molecular complexity index is 1390. The second-order valence-corrected chi connectivity index (χ2v) is 11.9. The molecule has 1 amide bonds. The number of aromatic nitrogens is 4. The lowest BCUT2D eigenvalue weighted by molar-refractivity contribution is 0.0240. The van der Waals surface area contributed by atoms with Crippen LogP contribution in [0.1, 0.15) is 33.6 Å². The first kappa shape index (κ1) is 26.9. The van der Waals surface area contributed by atoms with Gasteiger partial charge in [0.05, 0.1) is 29.5 Å². The molecule has 3 fully saturated rings. The van der Waals surface area contributed by atoms with E-state index in [2.05, 4.69) is 24.9 Å². The van der Waals surface area contributed by atoms with Gasteiger partial charge in [0.1, 0.15) is 11.4 Å². The Hall–Kier alpha value is -4.35. The number of ether oxygens (including phenoxy) is 1. The highest BCUT2D eigenvalue weighted by atomic mass is 16.6. The highest BCUT2D eigenvalue weighted by Crippen LogP contribution is 2.38. The number of piperazine rings is 2. The molecule has 2 atom stereocenters. The molecule has 5 heterocycles. The monoisotopic (exact) mass is 559 g/mol. The van der Waals surface area contributed by atoms with Crippen LogP contribution in [-0.2, 0) is 4.74 Å². The van der Waals surface area contributed by atoms with Gasteiger partial charge in [0, 0.05) is 56.9 Å². The zero-order valence-corrected chi connectivity index (χ0v) is 23.8. The van der Waals surface area contributed by atoms with Crippen LogP contribution < -0.4 is 20.4 Å². The summed E-state index contributed by atoms with van der Waals surface area (Å²) in [6.07, 6.45) is 5.60. The number of carbonyl (C=O) groups is 1. The number of hydrogen-bond acceptors (Lipinski definition) is 11. The first-order valence-corrected chi connectivity index (χ1v) is 14.2. The fourth-order valence-corrected chi connectivity index (χ4v) is 5.98. The molecule has 0 saturated carbocycles. The van der Waals surface area contributed by atoms with Crippen LogP contribution in [0.25, 0.3) is 11.3 Å². The highest BCUT2D eigenvalue weighted by molar-refractivity contribution is 5.74. The van der Waals surface area contributed by atoms with Crippen molar-refractivity contribution in [2.45, 2.75) is 51.3 Å². The van der Waals surface area contributed by atoms with Crippen LogP contribution in [0.5, 0.6) is 5.75 Å². The van der Waals surface area contributed by atoms with Gasteiger partial charge in [0.15, 0.2) is 5.82 Å². The molecule has 3 aliphatic heterocycles. The number of rotatable bonds is 4. The average molecular weight is 560 g/mol. The molecule has 1 aromatic carbocycles. The van der Waals surface area contributed by atoms with Gasteiger partial charge in [0.25, 0.3) is 0 Å². The molecule has 41 heavy (non-hydrogen) atoms. The summed E-state index contributed by atoms with van der Waals surface area (Å²) in [5, 5.41) is 18.7. The first-order valence-electron chi connectivity index (χ1n) is 14.2. The quantitative estimate of drug-likeness (QED) is 0.488. The lowest BCUT2D eigenvalue weighted by Gasteiger charge is -2.42. The standard InChI is InChI=1S/C29H37N9O3/c1-29(2,3)41-28(40)36-12-10-35(11-13-36)21-15-31-27(32-16-21)38-19-8-9-20(38)18-37(17-19)24-14-23(33-34-26(24)30)22-6-4-5-7-25(22)39/h4-7,14-16,19-20,39H,8-13,17-18H2,1-3H3,(H2,30,34). The minimum absolute atomic E-state index is 0.160. The van der Waals surface area contributed by atoms with Crippen molar-refractivity contribution in [3.05, 3.63) is 42.7 Å². The number of phenolic OH excluding ortho intramolecular Hbond substituents is 1. The second kappa shape index (κ2) is 10.6. The minimum Gasteiger partial charge on any atom is -0.507 e. The van der Waals surface area contributed by atoms with Gasteiger partial charge in [-0.25, -0.2) is 14.8 Å². The number of nitrogen functional groups attached to an aromatic ring is 1. The van der Waals surface area contributed by atoms with Crippen LogP contribution in [0.3, 0.4) is 0 Å². The summed E-state index contributed by atoms with van der Waals surface area (Å²) in [4.78, 5) is 30.5. The Kier molecular flexibility index (Phi) is 6.92. The largest absolute Gasteiger partial charge is 0.507 e. The second-order valence-electron chi connectivity index (χ2n) is 11.9. The van der Waals surface area contributed by atoms with Crippen molar-refractivity contribution in [2.24, 2.45) is 0 Å². The number of benzene rings is 1. The van der Waals surface area contributed by atoms with Gasteiger partial charge < -0.3 is 35.2 Å². The van der Waals surface area contributed by atoms with Crippen molar-refractivity contribution in [3.8, 4) is 17.0 Å². The van der Waals surface area contributed by atoms with Crippen molar-refractivity contribution < 1.29 is 14.6 Å². The molecule has 3 aliphatic rings. The summed E-state index contributed by atoms with van der Waals surface area (Å²) in [5.41, 5.74) is 8.79. The van der Waals surface area contributed by atoms with Crippen molar-refractivity contribution in [3.63, 3.8) is 0 Å². The fraction of sp³-hybridized carbons (Fsp3) is 0.483. The summed E-state index contributed by atoms with van der Waals surface area (Å²) in [5.74, 6) is 1.28. The number of phenols is 1. The number of carbonyl (C=O) groups excluding carboxylic acids is 1. The van der Waals surface area contributed by atoms with E-state index in [9.17, 15) is 9.90 Å². The van der Waals surface area contributed by atoms with Crippen molar-refractivity contribution in [1.82, 2.24) is 25.1 Å². The van der Waals surface area contributed by atoms with Crippen molar-refractivity contribution >= 4 is 29.2 Å². The molecule has 0 radical (unpaired) electrons. The number of fused-ring (bicyclic) bond motifs is 2. The van der Waals surface area contributed by atoms with Crippen LogP contribution in [0.2, 0.25) is 0 Å². The lowest BCUT2D eigenvalue weighted by Crippen LogP contribution is -2.54. The Morgan fingerprint density at radius 3 is 2.27 bits per heavy atom. The molecule has 2 bridgehead atoms. The van der Waals surface area contributed by atoms with Crippen molar-refractivity contribution in [1.29, 1.82) is 0 Å². The van der Waals surface area contributed by atoms with Crippen LogP contribution in [0.15, 0.2) is 42.7 Å². The molecule has 3 N–H and O–H groups in total. The maximum absolute atomic E-state index is 12.4. The molecule has 2 unspecified atom stereocenters. The van der Waals surface area contributed by atoms with E-state index in [1.54, 1.807) is 17.0 Å². The van der Waals surface area contributed by atoms with E-state index in [0.717, 1.165) is 43.3 Å². The number of nitrogens with zero attached hydrogens (tertiary/aromatic N) is 8. The number of anilines is 4. The van der Waals surface area contributed by atoms with Gasteiger partial charge in [-0.05, 0) is 51.8 Å². The van der Waals surface area contributed by atoms with Gasteiger partial charge in [-0.3, -0.25) is 0 Å². The summed E-state index contributed by atoms with van der Waals surface area (Å²) < 4.78 is 5.51. The first-order chi connectivity index (χ1) is 19.7.